The Balaban J connectivity index is 1.91. The molecule has 1 heterocycles. The van der Waals surface area contributed by atoms with Gasteiger partial charge in [0.1, 0.15) is 17.3 Å². The van der Waals surface area contributed by atoms with Gasteiger partial charge in [-0.3, -0.25) is 9.36 Å². The van der Waals surface area contributed by atoms with E-state index in [0.717, 1.165) is 11.3 Å². The van der Waals surface area contributed by atoms with Gasteiger partial charge in [0, 0.05) is 0 Å². The summed E-state index contributed by atoms with van der Waals surface area (Å²) in [6.07, 6.45) is 3.70. The molecule has 0 bridgehead atoms. The van der Waals surface area contributed by atoms with E-state index in [0.29, 0.717) is 33.2 Å². The van der Waals surface area contributed by atoms with Crippen LogP contribution < -0.4 is 15.0 Å². The number of para-hydroxylation sites is 1. The third-order valence-electron chi connectivity index (χ3n) is 4.71. The maximum Gasteiger partial charge on any atom is 0.266 e. The van der Waals surface area contributed by atoms with Crippen LogP contribution in [0.15, 0.2) is 71.5 Å². The Morgan fingerprint density at radius 3 is 2.53 bits per heavy atom. The van der Waals surface area contributed by atoms with Gasteiger partial charge in [-0.05, 0) is 54.1 Å². The van der Waals surface area contributed by atoms with Crippen molar-refractivity contribution in [3.63, 3.8) is 0 Å². The Labute approximate surface area is 178 Å². The molecule has 0 spiro atoms. The molecular formula is C24H19ClN2O3. The van der Waals surface area contributed by atoms with Crippen molar-refractivity contribution < 1.29 is 9.47 Å². The highest BCUT2D eigenvalue weighted by Crippen LogP contribution is 2.27. The van der Waals surface area contributed by atoms with Crippen LogP contribution in [0.1, 0.15) is 11.4 Å². The van der Waals surface area contributed by atoms with Gasteiger partial charge in [-0.15, -0.1) is 0 Å². The van der Waals surface area contributed by atoms with Gasteiger partial charge in [-0.1, -0.05) is 41.9 Å². The molecule has 30 heavy (non-hydrogen) atoms. The smallest absolute Gasteiger partial charge is 0.266 e. The zero-order chi connectivity index (χ0) is 21.1. The number of fused-ring (bicyclic) bond motifs is 1. The first-order valence-electron chi connectivity index (χ1n) is 9.28. The Bertz CT molecular complexity index is 1310. The second kappa shape index (κ2) is 8.43. The van der Waals surface area contributed by atoms with Crippen molar-refractivity contribution in [3.05, 3.63) is 93.5 Å². The minimum absolute atomic E-state index is 0.174. The second-order valence-corrected chi connectivity index (χ2v) is 6.96. The van der Waals surface area contributed by atoms with Gasteiger partial charge >= 0.3 is 0 Å². The monoisotopic (exact) mass is 418 g/mol. The van der Waals surface area contributed by atoms with Gasteiger partial charge in [0.25, 0.3) is 5.56 Å². The van der Waals surface area contributed by atoms with Crippen LogP contribution in [0.3, 0.4) is 0 Å². The highest BCUT2D eigenvalue weighted by Gasteiger charge is 2.12. The average Bonchev–Trinajstić information content (AvgIpc) is 2.78. The molecule has 0 aliphatic rings. The van der Waals surface area contributed by atoms with Crippen molar-refractivity contribution in [2.45, 2.75) is 0 Å². The van der Waals surface area contributed by atoms with E-state index in [1.54, 1.807) is 49.1 Å². The molecule has 0 unspecified atom stereocenters. The Morgan fingerprint density at radius 1 is 0.933 bits per heavy atom. The number of rotatable bonds is 5. The second-order valence-electron chi connectivity index (χ2n) is 6.56. The maximum atomic E-state index is 13.3. The minimum Gasteiger partial charge on any atom is -0.497 e. The van der Waals surface area contributed by atoms with Gasteiger partial charge in [0.15, 0.2) is 0 Å². The molecule has 1 aromatic heterocycles. The maximum absolute atomic E-state index is 13.3. The summed E-state index contributed by atoms with van der Waals surface area (Å²) in [4.78, 5) is 18.0. The lowest BCUT2D eigenvalue weighted by atomic mass is 10.2. The van der Waals surface area contributed by atoms with E-state index in [-0.39, 0.29) is 5.56 Å². The van der Waals surface area contributed by atoms with E-state index in [1.807, 2.05) is 48.5 Å². The molecule has 3 aromatic carbocycles. The fraction of sp³-hybridized carbons (Fsp3) is 0.0833. The molecule has 5 nitrogen and oxygen atoms in total. The van der Waals surface area contributed by atoms with Crippen LogP contribution in [0, 0.1) is 0 Å². The molecule has 0 atom stereocenters. The highest BCUT2D eigenvalue weighted by atomic mass is 35.5. The van der Waals surface area contributed by atoms with Gasteiger partial charge in [0.05, 0.1) is 35.8 Å². The third kappa shape index (κ3) is 3.80. The SMILES string of the molecule is COc1cccc(C=Cc2nc3ccccc3c(=O)n2-c2ccc(OC)c(Cl)c2)c1. The summed E-state index contributed by atoms with van der Waals surface area (Å²) in [6, 6.07) is 20.1. The lowest BCUT2D eigenvalue weighted by Gasteiger charge is -2.13. The summed E-state index contributed by atoms with van der Waals surface area (Å²) in [5, 5.41) is 0.945. The minimum atomic E-state index is -0.174. The molecule has 6 heteroatoms. The number of halogens is 1. The predicted octanol–water partition coefficient (Wildman–Crippen LogP) is 5.23. The Kier molecular flexibility index (Phi) is 5.55. The van der Waals surface area contributed by atoms with Crippen molar-refractivity contribution >= 4 is 34.7 Å². The molecule has 0 aliphatic carbocycles. The lowest BCUT2D eigenvalue weighted by Crippen LogP contribution is -2.22. The van der Waals surface area contributed by atoms with E-state index in [4.69, 9.17) is 26.1 Å². The molecule has 0 saturated carbocycles. The third-order valence-corrected chi connectivity index (χ3v) is 5.01. The molecule has 150 valence electrons. The van der Waals surface area contributed by atoms with Crippen LogP contribution in [0.5, 0.6) is 11.5 Å². The standard InChI is InChI=1S/C24H19ClN2O3/c1-29-18-7-5-6-16(14-18)10-13-23-26-21-9-4-3-8-19(21)24(28)27(23)17-11-12-22(30-2)20(25)15-17/h3-15H,1-2H3. The first kappa shape index (κ1) is 19.7. The van der Waals surface area contributed by atoms with E-state index in [2.05, 4.69) is 0 Å². The highest BCUT2D eigenvalue weighted by molar-refractivity contribution is 6.32. The summed E-state index contributed by atoms with van der Waals surface area (Å²) in [6.45, 7) is 0. The number of aromatic nitrogens is 2. The van der Waals surface area contributed by atoms with Crippen molar-refractivity contribution in [3.8, 4) is 17.2 Å². The number of hydrogen-bond acceptors (Lipinski definition) is 4. The van der Waals surface area contributed by atoms with Gasteiger partial charge < -0.3 is 9.47 Å². The number of methoxy groups -OCH3 is 2. The molecular weight excluding hydrogens is 400 g/mol. The van der Waals surface area contributed by atoms with E-state index in [9.17, 15) is 4.79 Å². The van der Waals surface area contributed by atoms with Crippen LogP contribution in [0.2, 0.25) is 5.02 Å². The van der Waals surface area contributed by atoms with Gasteiger partial charge in [0.2, 0.25) is 0 Å². The quantitative estimate of drug-likeness (QED) is 0.445. The number of benzene rings is 3. The van der Waals surface area contributed by atoms with Crippen molar-refractivity contribution in [1.29, 1.82) is 0 Å². The predicted molar refractivity (Wildman–Crippen MR) is 121 cm³/mol. The van der Waals surface area contributed by atoms with Gasteiger partial charge in [-0.25, -0.2) is 4.98 Å². The first-order chi connectivity index (χ1) is 14.6. The fourth-order valence-electron chi connectivity index (χ4n) is 3.22. The summed E-state index contributed by atoms with van der Waals surface area (Å²) >= 11 is 6.32. The van der Waals surface area contributed by atoms with E-state index < -0.39 is 0 Å². The Hall–Kier alpha value is -3.57. The van der Waals surface area contributed by atoms with Crippen molar-refractivity contribution in [2.75, 3.05) is 14.2 Å². The summed E-state index contributed by atoms with van der Waals surface area (Å²) < 4.78 is 12.1. The van der Waals surface area contributed by atoms with Crippen LogP contribution in [0.25, 0.3) is 28.7 Å². The van der Waals surface area contributed by atoms with Crippen molar-refractivity contribution in [2.24, 2.45) is 0 Å². The van der Waals surface area contributed by atoms with Crippen LogP contribution in [-0.4, -0.2) is 23.8 Å². The lowest BCUT2D eigenvalue weighted by molar-refractivity contribution is 0.414. The molecule has 0 amide bonds. The Morgan fingerprint density at radius 2 is 1.77 bits per heavy atom. The number of nitrogens with zero attached hydrogens (tertiary/aromatic N) is 2. The zero-order valence-electron chi connectivity index (χ0n) is 16.5. The van der Waals surface area contributed by atoms with Crippen LogP contribution >= 0.6 is 11.6 Å². The van der Waals surface area contributed by atoms with Crippen LogP contribution in [0.4, 0.5) is 0 Å². The van der Waals surface area contributed by atoms with E-state index in [1.165, 1.54) is 0 Å². The van der Waals surface area contributed by atoms with Crippen LogP contribution in [-0.2, 0) is 0 Å². The molecule has 0 radical (unpaired) electrons. The average molecular weight is 419 g/mol. The molecule has 0 fully saturated rings. The van der Waals surface area contributed by atoms with E-state index >= 15 is 0 Å². The van der Waals surface area contributed by atoms with Crippen molar-refractivity contribution in [1.82, 2.24) is 9.55 Å². The summed E-state index contributed by atoms with van der Waals surface area (Å²) in [5.41, 5.74) is 1.99. The molecule has 4 aromatic rings. The van der Waals surface area contributed by atoms with Gasteiger partial charge in [-0.2, -0.15) is 0 Å². The largest absolute Gasteiger partial charge is 0.497 e. The number of ether oxygens (including phenoxy) is 2. The molecule has 0 N–H and O–H groups in total. The molecule has 0 saturated heterocycles. The molecule has 4 rings (SSSR count). The normalized spacial score (nSPS) is 11.2. The fourth-order valence-corrected chi connectivity index (χ4v) is 3.47. The first-order valence-corrected chi connectivity index (χ1v) is 9.66. The zero-order valence-corrected chi connectivity index (χ0v) is 17.3. The molecule has 0 aliphatic heterocycles. The summed E-state index contributed by atoms with van der Waals surface area (Å²) in [5.74, 6) is 1.78. The topological polar surface area (TPSA) is 53.3 Å². The summed E-state index contributed by atoms with van der Waals surface area (Å²) in [7, 11) is 3.17. The number of hydrogen-bond donors (Lipinski definition) is 0.